The maximum atomic E-state index is 11.3. The fourth-order valence-electron chi connectivity index (χ4n) is 1.89. The molecule has 1 fully saturated rings. The Morgan fingerprint density at radius 1 is 1.42 bits per heavy atom. The summed E-state index contributed by atoms with van der Waals surface area (Å²) in [6, 6.07) is 4.24. The maximum absolute atomic E-state index is 11.3. The highest BCUT2D eigenvalue weighted by molar-refractivity contribution is 7.89. The molecule has 0 aromatic heterocycles. The number of aliphatic hydroxyl groups is 1. The quantitative estimate of drug-likeness (QED) is 0.552. The lowest BCUT2D eigenvalue weighted by molar-refractivity contribution is 0.0382. The first-order chi connectivity index (χ1) is 8.78. The predicted molar refractivity (Wildman–Crippen MR) is 71.1 cm³/mol. The van der Waals surface area contributed by atoms with Gasteiger partial charge in [0.05, 0.1) is 11.5 Å². The van der Waals surface area contributed by atoms with E-state index in [0.717, 1.165) is 0 Å². The molecular formula is C11H17N3O4S. The van der Waals surface area contributed by atoms with Crippen molar-refractivity contribution in [3.63, 3.8) is 0 Å². The number of hydrogen-bond donors (Lipinski definition) is 4. The topological polar surface area (TPSA) is 128 Å². The molecule has 1 aromatic carbocycles. The number of sulfonamides is 1. The Hall–Kier alpha value is -1.35. The highest BCUT2D eigenvalue weighted by Crippen LogP contribution is 2.22. The van der Waals surface area contributed by atoms with Gasteiger partial charge in [-0.25, -0.2) is 13.6 Å². The van der Waals surface area contributed by atoms with Gasteiger partial charge in [-0.3, -0.25) is 0 Å². The molecule has 0 saturated carbocycles. The summed E-state index contributed by atoms with van der Waals surface area (Å²) in [7, 11) is -3.81. The molecule has 7 nitrogen and oxygen atoms in total. The van der Waals surface area contributed by atoms with E-state index in [0.29, 0.717) is 18.7 Å². The second-order valence-electron chi connectivity index (χ2n) is 4.72. The molecule has 0 spiro atoms. The Labute approximate surface area is 111 Å². The summed E-state index contributed by atoms with van der Waals surface area (Å²) in [6.45, 7) is 1.02. The summed E-state index contributed by atoms with van der Waals surface area (Å²) in [5.41, 5.74) is 5.46. The Balaban J connectivity index is 2.14. The summed E-state index contributed by atoms with van der Waals surface area (Å²) < 4.78 is 27.7. The van der Waals surface area contributed by atoms with Crippen LogP contribution in [0.3, 0.4) is 0 Å². The molecule has 0 aliphatic carbocycles. The normalized spacial score (nSPS) is 23.5. The van der Waals surface area contributed by atoms with Crippen LogP contribution in [0.4, 0.5) is 11.4 Å². The number of primary sulfonamides is 1. The molecule has 0 bridgehead atoms. The Morgan fingerprint density at radius 2 is 2.16 bits per heavy atom. The number of rotatable bonds is 4. The van der Waals surface area contributed by atoms with E-state index >= 15 is 0 Å². The van der Waals surface area contributed by atoms with Gasteiger partial charge in [-0.2, -0.15) is 0 Å². The van der Waals surface area contributed by atoms with Crippen LogP contribution < -0.4 is 16.2 Å². The molecule has 0 amide bonds. The van der Waals surface area contributed by atoms with Gasteiger partial charge in [-0.15, -0.1) is 0 Å². The van der Waals surface area contributed by atoms with Gasteiger partial charge in [0.1, 0.15) is 5.60 Å². The number of hydrogen-bond acceptors (Lipinski definition) is 6. The van der Waals surface area contributed by atoms with Crippen LogP contribution in [-0.4, -0.2) is 38.9 Å². The molecule has 1 aliphatic rings. The molecule has 8 heteroatoms. The minimum atomic E-state index is -3.81. The van der Waals surface area contributed by atoms with Gasteiger partial charge < -0.3 is 20.9 Å². The summed E-state index contributed by atoms with van der Waals surface area (Å²) in [6.07, 6.45) is 0.532. The van der Waals surface area contributed by atoms with Crippen molar-refractivity contribution in [2.45, 2.75) is 16.9 Å². The van der Waals surface area contributed by atoms with Gasteiger partial charge in [0.15, 0.2) is 0 Å². The number of benzene rings is 1. The summed E-state index contributed by atoms with van der Waals surface area (Å²) in [4.78, 5) is -0.0651. The lowest BCUT2D eigenvalue weighted by Gasteiger charge is -2.21. The van der Waals surface area contributed by atoms with E-state index in [1.165, 1.54) is 12.1 Å². The van der Waals surface area contributed by atoms with Gasteiger partial charge in [0, 0.05) is 30.9 Å². The SMILES string of the molecule is Nc1cc(NCC2(O)CCOC2)cc(S(N)(=O)=O)c1. The van der Waals surface area contributed by atoms with Gasteiger partial charge in [-0.1, -0.05) is 0 Å². The van der Waals surface area contributed by atoms with E-state index in [1.807, 2.05) is 0 Å². The molecule has 1 heterocycles. The van der Waals surface area contributed by atoms with Gasteiger partial charge in [-0.05, 0) is 18.2 Å². The van der Waals surface area contributed by atoms with Crippen LogP contribution in [0.15, 0.2) is 23.1 Å². The second-order valence-corrected chi connectivity index (χ2v) is 6.28. The Kier molecular flexibility index (Phi) is 3.68. The smallest absolute Gasteiger partial charge is 0.238 e. The van der Waals surface area contributed by atoms with Crippen molar-refractivity contribution in [2.24, 2.45) is 5.14 Å². The first kappa shape index (κ1) is 14.1. The van der Waals surface area contributed by atoms with E-state index in [2.05, 4.69) is 5.32 Å². The van der Waals surface area contributed by atoms with Crippen LogP contribution in [0.5, 0.6) is 0 Å². The first-order valence-electron chi connectivity index (χ1n) is 5.76. The molecule has 1 unspecified atom stereocenters. The lowest BCUT2D eigenvalue weighted by atomic mass is 10.0. The molecule has 19 heavy (non-hydrogen) atoms. The third-order valence-electron chi connectivity index (χ3n) is 2.96. The molecule has 1 aliphatic heterocycles. The zero-order valence-corrected chi connectivity index (χ0v) is 11.1. The predicted octanol–water partition coefficient (Wildman–Crippen LogP) is -0.521. The van der Waals surface area contributed by atoms with Crippen LogP contribution in [0.1, 0.15) is 6.42 Å². The number of nitrogens with one attached hydrogen (secondary N) is 1. The van der Waals surface area contributed by atoms with Crippen molar-refractivity contribution in [2.75, 3.05) is 30.8 Å². The number of nitrogen functional groups attached to an aromatic ring is 1. The number of nitrogens with two attached hydrogens (primary N) is 2. The molecular weight excluding hydrogens is 270 g/mol. The molecule has 1 aromatic rings. The molecule has 6 N–H and O–H groups in total. The van der Waals surface area contributed by atoms with Gasteiger partial charge in [0.25, 0.3) is 0 Å². The van der Waals surface area contributed by atoms with Crippen LogP contribution in [-0.2, 0) is 14.8 Å². The molecule has 1 saturated heterocycles. The second kappa shape index (κ2) is 4.97. The average molecular weight is 287 g/mol. The highest BCUT2D eigenvalue weighted by atomic mass is 32.2. The summed E-state index contributed by atoms with van der Waals surface area (Å²) >= 11 is 0. The van der Waals surface area contributed by atoms with Crippen LogP contribution in [0.2, 0.25) is 0 Å². The van der Waals surface area contributed by atoms with Crippen LogP contribution in [0.25, 0.3) is 0 Å². The average Bonchev–Trinajstić information content (AvgIpc) is 2.72. The minimum Gasteiger partial charge on any atom is -0.399 e. The molecule has 2 rings (SSSR count). The fraction of sp³-hybridized carbons (Fsp3) is 0.455. The number of anilines is 2. The van der Waals surface area contributed by atoms with E-state index in [-0.39, 0.29) is 23.7 Å². The molecule has 106 valence electrons. The zero-order chi connectivity index (χ0) is 14.1. The maximum Gasteiger partial charge on any atom is 0.238 e. The van der Waals surface area contributed by atoms with Crippen molar-refractivity contribution in [3.8, 4) is 0 Å². The van der Waals surface area contributed by atoms with Crippen molar-refractivity contribution in [3.05, 3.63) is 18.2 Å². The zero-order valence-electron chi connectivity index (χ0n) is 10.3. The van der Waals surface area contributed by atoms with Crippen molar-refractivity contribution < 1.29 is 18.3 Å². The first-order valence-corrected chi connectivity index (χ1v) is 7.31. The van der Waals surface area contributed by atoms with Crippen molar-refractivity contribution in [1.82, 2.24) is 0 Å². The number of ether oxygens (including phenoxy) is 1. The van der Waals surface area contributed by atoms with Crippen LogP contribution >= 0.6 is 0 Å². The molecule has 0 radical (unpaired) electrons. The van der Waals surface area contributed by atoms with Crippen molar-refractivity contribution in [1.29, 1.82) is 0 Å². The monoisotopic (exact) mass is 287 g/mol. The molecule has 1 atom stereocenters. The standard InChI is InChI=1S/C11H17N3O4S/c12-8-3-9(5-10(4-8)19(13,16)17)14-6-11(15)1-2-18-7-11/h3-5,14-15H,1-2,6-7,12H2,(H2,13,16,17). The van der Waals surface area contributed by atoms with E-state index in [1.54, 1.807) is 6.07 Å². The fourth-order valence-corrected chi connectivity index (χ4v) is 2.48. The Bertz CT molecular complexity index is 567. The van der Waals surface area contributed by atoms with E-state index in [4.69, 9.17) is 15.6 Å². The van der Waals surface area contributed by atoms with Gasteiger partial charge in [0.2, 0.25) is 10.0 Å². The van der Waals surface area contributed by atoms with E-state index in [9.17, 15) is 13.5 Å². The van der Waals surface area contributed by atoms with Gasteiger partial charge >= 0.3 is 0 Å². The van der Waals surface area contributed by atoms with Crippen molar-refractivity contribution >= 4 is 21.4 Å². The summed E-state index contributed by atoms with van der Waals surface area (Å²) in [5, 5.41) is 18.1. The third kappa shape index (κ3) is 3.57. The third-order valence-corrected chi connectivity index (χ3v) is 3.85. The highest BCUT2D eigenvalue weighted by Gasteiger charge is 2.31. The van der Waals surface area contributed by atoms with Crippen LogP contribution in [0, 0.1) is 0 Å². The largest absolute Gasteiger partial charge is 0.399 e. The van der Waals surface area contributed by atoms with E-state index < -0.39 is 15.6 Å². The minimum absolute atomic E-state index is 0.0651. The lowest BCUT2D eigenvalue weighted by Crippen LogP contribution is -2.37. The summed E-state index contributed by atoms with van der Waals surface area (Å²) in [5.74, 6) is 0. The Morgan fingerprint density at radius 3 is 2.74 bits per heavy atom.